The van der Waals surface area contributed by atoms with Gasteiger partial charge in [0.05, 0.1) is 3.79 Å². The molecule has 0 amide bonds. The quantitative estimate of drug-likeness (QED) is 0.893. The van der Waals surface area contributed by atoms with E-state index in [-0.39, 0.29) is 0 Å². The van der Waals surface area contributed by atoms with E-state index in [1.807, 2.05) is 19.1 Å². The van der Waals surface area contributed by atoms with Crippen LogP contribution in [0.3, 0.4) is 0 Å². The van der Waals surface area contributed by atoms with Gasteiger partial charge in [0, 0.05) is 21.1 Å². The highest BCUT2D eigenvalue weighted by Gasteiger charge is 2.25. The van der Waals surface area contributed by atoms with E-state index < -0.39 is 5.60 Å². The number of aryl methyl sites for hydroxylation is 1. The highest BCUT2D eigenvalue weighted by atomic mass is 79.9. The fourth-order valence-corrected chi connectivity index (χ4v) is 4.14. The normalized spacial score (nSPS) is 15.0. The van der Waals surface area contributed by atoms with E-state index in [1.54, 1.807) is 22.7 Å². The van der Waals surface area contributed by atoms with Gasteiger partial charge in [-0.05, 0) is 54.0 Å². The number of halogens is 1. The minimum atomic E-state index is -0.761. The molecule has 1 atom stereocenters. The van der Waals surface area contributed by atoms with E-state index in [2.05, 4.69) is 35.0 Å². The molecule has 2 heterocycles. The van der Waals surface area contributed by atoms with Gasteiger partial charge >= 0.3 is 0 Å². The third kappa shape index (κ3) is 2.74. The smallest absolute Gasteiger partial charge is 0.101 e. The second-order valence-electron chi connectivity index (χ2n) is 4.07. The van der Waals surface area contributed by atoms with Crippen LogP contribution in [0.2, 0.25) is 0 Å². The molecule has 0 aliphatic heterocycles. The van der Waals surface area contributed by atoms with Crippen LogP contribution in [-0.2, 0) is 12.0 Å². The van der Waals surface area contributed by atoms with Crippen molar-refractivity contribution in [1.29, 1.82) is 0 Å². The number of hydrogen-bond acceptors (Lipinski definition) is 3. The molecule has 0 aromatic carbocycles. The lowest BCUT2D eigenvalue weighted by Crippen LogP contribution is -2.22. The van der Waals surface area contributed by atoms with Gasteiger partial charge in [-0.15, -0.1) is 22.7 Å². The molecule has 1 nitrogen and oxygen atoms in total. The van der Waals surface area contributed by atoms with Crippen molar-refractivity contribution in [3.05, 3.63) is 42.7 Å². The van der Waals surface area contributed by atoms with Crippen LogP contribution in [0.25, 0.3) is 0 Å². The van der Waals surface area contributed by atoms with Crippen molar-refractivity contribution < 1.29 is 5.11 Å². The summed E-state index contributed by atoms with van der Waals surface area (Å²) in [5.41, 5.74) is -0.761. The highest BCUT2D eigenvalue weighted by Crippen LogP contribution is 2.33. The largest absolute Gasteiger partial charge is 0.384 e. The summed E-state index contributed by atoms with van der Waals surface area (Å²) < 4.78 is 1.11. The summed E-state index contributed by atoms with van der Waals surface area (Å²) in [5, 5.41) is 10.5. The predicted octanol–water partition coefficient (Wildman–Crippen LogP) is 4.33. The number of rotatable bonds is 3. The molecule has 0 saturated heterocycles. The zero-order valence-electron chi connectivity index (χ0n) is 9.16. The van der Waals surface area contributed by atoms with Crippen molar-refractivity contribution in [3.63, 3.8) is 0 Å². The predicted molar refractivity (Wildman–Crippen MR) is 74.3 cm³/mol. The number of aliphatic hydroxyl groups is 1. The molecule has 16 heavy (non-hydrogen) atoms. The molecule has 2 aromatic heterocycles. The van der Waals surface area contributed by atoms with Gasteiger partial charge in [0.25, 0.3) is 0 Å². The highest BCUT2D eigenvalue weighted by molar-refractivity contribution is 9.11. The first-order chi connectivity index (χ1) is 7.47. The fourth-order valence-electron chi connectivity index (χ4n) is 1.60. The molecule has 1 unspecified atom stereocenters. The maximum atomic E-state index is 10.5. The molecule has 0 aliphatic rings. The van der Waals surface area contributed by atoms with E-state index in [0.717, 1.165) is 8.66 Å². The van der Waals surface area contributed by atoms with Crippen molar-refractivity contribution in [3.8, 4) is 0 Å². The Kier molecular flexibility index (Phi) is 3.54. The Morgan fingerprint density at radius 1 is 1.25 bits per heavy atom. The van der Waals surface area contributed by atoms with Gasteiger partial charge in [0.2, 0.25) is 0 Å². The van der Waals surface area contributed by atoms with Gasteiger partial charge in [-0.2, -0.15) is 0 Å². The van der Waals surface area contributed by atoms with Crippen molar-refractivity contribution in [2.75, 3.05) is 0 Å². The average Bonchev–Trinajstić information content (AvgIpc) is 2.75. The van der Waals surface area contributed by atoms with E-state index >= 15 is 0 Å². The summed E-state index contributed by atoms with van der Waals surface area (Å²) in [7, 11) is 0. The minimum Gasteiger partial charge on any atom is -0.384 e. The Hall–Kier alpha value is -0.160. The summed E-state index contributed by atoms with van der Waals surface area (Å²) in [4.78, 5) is 3.47. The molecule has 2 rings (SSSR count). The molecule has 0 aliphatic carbocycles. The Morgan fingerprint density at radius 3 is 2.50 bits per heavy atom. The topological polar surface area (TPSA) is 20.2 Å². The Bertz CT molecular complexity index is 485. The zero-order valence-corrected chi connectivity index (χ0v) is 12.4. The standard InChI is InChI=1S/C12H13BrOS2/c1-8-3-5-10(15-8)12(2,14)7-9-4-6-11(13)16-9/h3-6,14H,7H2,1-2H3. The molecule has 0 bridgehead atoms. The lowest BCUT2D eigenvalue weighted by atomic mass is 9.99. The maximum absolute atomic E-state index is 10.5. The zero-order chi connectivity index (χ0) is 11.8. The van der Waals surface area contributed by atoms with E-state index in [4.69, 9.17) is 0 Å². The van der Waals surface area contributed by atoms with Crippen LogP contribution < -0.4 is 0 Å². The molecule has 2 aromatic rings. The van der Waals surface area contributed by atoms with Gasteiger partial charge < -0.3 is 5.11 Å². The minimum absolute atomic E-state index is 0.670. The molecule has 86 valence electrons. The first kappa shape index (κ1) is 12.3. The third-order valence-electron chi connectivity index (χ3n) is 2.42. The molecule has 0 spiro atoms. The van der Waals surface area contributed by atoms with Crippen LogP contribution in [0.5, 0.6) is 0 Å². The second-order valence-corrected chi connectivity index (χ2v) is 7.90. The molecular weight excluding hydrogens is 304 g/mol. The summed E-state index contributed by atoms with van der Waals surface area (Å²) in [6, 6.07) is 8.15. The number of thiophene rings is 2. The maximum Gasteiger partial charge on any atom is 0.101 e. The summed E-state index contributed by atoms with van der Waals surface area (Å²) in [5.74, 6) is 0. The van der Waals surface area contributed by atoms with Crippen molar-refractivity contribution in [2.24, 2.45) is 0 Å². The van der Waals surface area contributed by atoms with Gasteiger partial charge in [0.15, 0.2) is 0 Å². The third-order valence-corrected chi connectivity index (χ3v) is 5.30. The van der Waals surface area contributed by atoms with Crippen LogP contribution in [-0.4, -0.2) is 5.11 Å². The second kappa shape index (κ2) is 4.61. The van der Waals surface area contributed by atoms with Crippen molar-refractivity contribution in [2.45, 2.75) is 25.9 Å². The van der Waals surface area contributed by atoms with E-state index in [9.17, 15) is 5.11 Å². The van der Waals surface area contributed by atoms with Crippen LogP contribution in [0.15, 0.2) is 28.1 Å². The lowest BCUT2D eigenvalue weighted by molar-refractivity contribution is 0.0623. The molecule has 0 radical (unpaired) electrons. The summed E-state index contributed by atoms with van der Waals surface area (Å²) in [6.07, 6.45) is 0.670. The van der Waals surface area contributed by atoms with Crippen LogP contribution in [0.1, 0.15) is 21.6 Å². The Balaban J connectivity index is 2.19. The van der Waals surface area contributed by atoms with Crippen molar-refractivity contribution in [1.82, 2.24) is 0 Å². The van der Waals surface area contributed by atoms with Gasteiger partial charge in [-0.25, -0.2) is 0 Å². The average molecular weight is 317 g/mol. The molecule has 4 heteroatoms. The van der Waals surface area contributed by atoms with Crippen LogP contribution >= 0.6 is 38.6 Å². The molecule has 1 N–H and O–H groups in total. The van der Waals surface area contributed by atoms with Gasteiger partial charge in [-0.3, -0.25) is 0 Å². The SMILES string of the molecule is Cc1ccc(C(C)(O)Cc2ccc(Br)s2)s1. The Labute approximate surface area is 112 Å². The monoisotopic (exact) mass is 316 g/mol. The summed E-state index contributed by atoms with van der Waals surface area (Å²) in [6.45, 7) is 3.94. The molecule has 0 fully saturated rings. The van der Waals surface area contributed by atoms with E-state index in [1.165, 1.54) is 9.75 Å². The van der Waals surface area contributed by atoms with E-state index in [0.29, 0.717) is 6.42 Å². The number of hydrogen-bond donors (Lipinski definition) is 1. The molecule has 0 saturated carbocycles. The van der Waals surface area contributed by atoms with Gasteiger partial charge in [-0.1, -0.05) is 0 Å². The lowest BCUT2D eigenvalue weighted by Gasteiger charge is -2.20. The first-order valence-corrected chi connectivity index (χ1v) is 7.43. The summed E-state index contributed by atoms with van der Waals surface area (Å²) >= 11 is 6.78. The molecular formula is C12H13BrOS2. The fraction of sp³-hybridized carbons (Fsp3) is 0.333. The van der Waals surface area contributed by atoms with Crippen LogP contribution in [0, 0.1) is 6.92 Å². The van der Waals surface area contributed by atoms with Crippen LogP contribution in [0.4, 0.5) is 0 Å². The first-order valence-electron chi connectivity index (χ1n) is 5.01. The van der Waals surface area contributed by atoms with Gasteiger partial charge in [0.1, 0.15) is 5.60 Å². The Morgan fingerprint density at radius 2 is 2.00 bits per heavy atom. The van der Waals surface area contributed by atoms with Crippen molar-refractivity contribution >= 4 is 38.6 Å².